The fourth-order valence-corrected chi connectivity index (χ4v) is 3.91. The monoisotopic (exact) mass is 423 g/mol. The van der Waals surface area contributed by atoms with Crippen molar-refractivity contribution in [3.8, 4) is 11.1 Å². The number of nitrogens with zero attached hydrogens (tertiary/aromatic N) is 2. The fourth-order valence-electron chi connectivity index (χ4n) is 3.91. The maximum absolute atomic E-state index is 12.7. The first-order chi connectivity index (χ1) is 15.0. The van der Waals surface area contributed by atoms with Gasteiger partial charge < -0.3 is 24.5 Å². The molecule has 0 aliphatic carbocycles. The molecule has 162 valence electrons. The van der Waals surface area contributed by atoms with Gasteiger partial charge in [-0.2, -0.15) is 0 Å². The van der Waals surface area contributed by atoms with Gasteiger partial charge >= 0.3 is 5.97 Å². The van der Waals surface area contributed by atoms with Crippen LogP contribution in [0.4, 0.5) is 5.69 Å². The van der Waals surface area contributed by atoms with E-state index in [9.17, 15) is 9.59 Å². The second-order valence-corrected chi connectivity index (χ2v) is 7.55. The number of anilines is 1. The molecule has 0 aromatic heterocycles. The lowest BCUT2D eigenvalue weighted by Crippen LogP contribution is -2.27. The smallest absolute Gasteiger partial charge is 0.302 e. The van der Waals surface area contributed by atoms with Gasteiger partial charge in [-0.3, -0.25) is 9.59 Å². The molecule has 0 bridgehead atoms. The van der Waals surface area contributed by atoms with Crippen molar-refractivity contribution in [1.82, 2.24) is 4.90 Å². The van der Waals surface area contributed by atoms with Crippen LogP contribution < -0.4 is 5.32 Å². The van der Waals surface area contributed by atoms with Gasteiger partial charge in [-0.1, -0.05) is 35.5 Å². The predicted molar refractivity (Wildman–Crippen MR) is 116 cm³/mol. The highest BCUT2D eigenvalue weighted by Crippen LogP contribution is 2.39. The van der Waals surface area contributed by atoms with Crippen LogP contribution in [0.1, 0.15) is 23.6 Å². The number of oxime groups is 1. The lowest BCUT2D eigenvalue weighted by Gasteiger charge is -2.29. The zero-order valence-electron chi connectivity index (χ0n) is 17.6. The third-order valence-corrected chi connectivity index (χ3v) is 5.34. The number of carbonyl (C=O) groups excluding carboxylic acids is 2. The van der Waals surface area contributed by atoms with Gasteiger partial charge in [0.05, 0.1) is 12.3 Å². The van der Waals surface area contributed by atoms with Gasteiger partial charge in [0.15, 0.2) is 5.71 Å². The summed E-state index contributed by atoms with van der Waals surface area (Å²) in [4.78, 5) is 30.8. The summed E-state index contributed by atoms with van der Waals surface area (Å²) >= 11 is 0. The molecule has 1 amide bonds. The Bertz CT molecular complexity index is 1020. The van der Waals surface area contributed by atoms with Gasteiger partial charge in [-0.05, 0) is 41.8 Å². The van der Waals surface area contributed by atoms with Crippen LogP contribution >= 0.6 is 0 Å². The van der Waals surface area contributed by atoms with Crippen LogP contribution in [-0.4, -0.2) is 56.1 Å². The van der Waals surface area contributed by atoms with Crippen LogP contribution in [0.3, 0.4) is 0 Å². The number of esters is 1. The Balaban J connectivity index is 1.59. The van der Waals surface area contributed by atoms with Gasteiger partial charge in [0.2, 0.25) is 6.79 Å². The summed E-state index contributed by atoms with van der Waals surface area (Å²) in [7, 11) is 2.08. The number of hydrogen-bond donors (Lipinski definition) is 1. The Kier molecular flexibility index (Phi) is 6.29. The van der Waals surface area contributed by atoms with Crippen molar-refractivity contribution >= 4 is 23.3 Å². The minimum atomic E-state index is -0.368. The molecule has 8 heteroatoms. The highest BCUT2D eigenvalue weighted by atomic mass is 16.7. The molecule has 0 unspecified atom stereocenters. The largest absolute Gasteiger partial charge is 0.463 e. The van der Waals surface area contributed by atoms with E-state index in [-0.39, 0.29) is 37.6 Å². The Morgan fingerprint density at radius 1 is 1.16 bits per heavy atom. The summed E-state index contributed by atoms with van der Waals surface area (Å²) in [6.07, 6.45) is 0.915. The summed E-state index contributed by atoms with van der Waals surface area (Å²) in [5.41, 5.74) is 6.39. The molecule has 2 aromatic rings. The molecule has 0 spiro atoms. The Morgan fingerprint density at radius 3 is 2.74 bits per heavy atom. The lowest BCUT2D eigenvalue weighted by molar-refractivity contribution is -0.144. The summed E-state index contributed by atoms with van der Waals surface area (Å²) in [5.74, 6) is -0.664. The van der Waals surface area contributed by atoms with Crippen molar-refractivity contribution in [1.29, 1.82) is 0 Å². The molecule has 0 fully saturated rings. The molecular formula is C23H25N3O5. The molecule has 1 N–H and O–H groups in total. The number of fused-ring (bicyclic) bond motifs is 3. The molecular weight excluding hydrogens is 398 g/mol. The molecule has 0 saturated heterocycles. The van der Waals surface area contributed by atoms with Crippen LogP contribution in [-0.2, 0) is 36.9 Å². The molecule has 2 aliphatic heterocycles. The minimum Gasteiger partial charge on any atom is -0.463 e. The van der Waals surface area contributed by atoms with E-state index in [0.29, 0.717) is 0 Å². The number of carbonyl (C=O) groups is 2. The third kappa shape index (κ3) is 4.60. The van der Waals surface area contributed by atoms with Crippen LogP contribution in [0.25, 0.3) is 11.1 Å². The van der Waals surface area contributed by atoms with Gasteiger partial charge in [-0.25, -0.2) is 0 Å². The van der Waals surface area contributed by atoms with Crippen LogP contribution in [0.2, 0.25) is 0 Å². The third-order valence-electron chi connectivity index (χ3n) is 5.34. The van der Waals surface area contributed by atoms with Gasteiger partial charge in [0.25, 0.3) is 5.91 Å². The molecule has 8 nitrogen and oxygen atoms in total. The van der Waals surface area contributed by atoms with Crippen LogP contribution in [0, 0.1) is 0 Å². The van der Waals surface area contributed by atoms with Crippen molar-refractivity contribution in [2.75, 3.05) is 38.9 Å². The van der Waals surface area contributed by atoms with E-state index in [1.807, 2.05) is 24.3 Å². The highest BCUT2D eigenvalue weighted by Gasteiger charge is 2.33. The molecule has 2 aromatic carbocycles. The zero-order valence-corrected chi connectivity index (χ0v) is 17.6. The number of nitrogens with one attached hydrogen (secondary N) is 1. The van der Waals surface area contributed by atoms with Gasteiger partial charge in [0, 0.05) is 25.6 Å². The van der Waals surface area contributed by atoms with Crippen LogP contribution in [0.15, 0.2) is 41.6 Å². The molecule has 2 aliphatic rings. The number of rotatable bonds is 7. The predicted octanol–water partition coefficient (Wildman–Crippen LogP) is 2.55. The zero-order chi connectivity index (χ0) is 21.8. The van der Waals surface area contributed by atoms with Crippen molar-refractivity contribution in [3.63, 3.8) is 0 Å². The van der Waals surface area contributed by atoms with Crippen molar-refractivity contribution in [2.24, 2.45) is 5.16 Å². The lowest BCUT2D eigenvalue weighted by atomic mass is 9.87. The minimum absolute atomic E-state index is 0.138. The van der Waals surface area contributed by atoms with E-state index >= 15 is 0 Å². The van der Waals surface area contributed by atoms with E-state index < -0.39 is 0 Å². The topological polar surface area (TPSA) is 89.5 Å². The molecule has 0 radical (unpaired) electrons. The van der Waals surface area contributed by atoms with E-state index in [1.165, 1.54) is 12.5 Å². The summed E-state index contributed by atoms with van der Waals surface area (Å²) in [5, 5.41) is 7.01. The maximum Gasteiger partial charge on any atom is 0.302 e. The second-order valence-electron chi connectivity index (χ2n) is 7.55. The number of hydrogen-bond acceptors (Lipinski definition) is 7. The fraction of sp³-hybridized carbons (Fsp3) is 0.348. The first-order valence-corrected chi connectivity index (χ1v) is 10.2. The van der Waals surface area contributed by atoms with E-state index in [4.69, 9.17) is 14.3 Å². The normalized spacial score (nSPS) is 16.6. The Morgan fingerprint density at radius 2 is 1.97 bits per heavy atom. The Hall–Kier alpha value is -3.23. The number of likely N-dealkylation sites (N-methyl/N-ethyl adjacent to an activating group) is 1. The standard InChI is InChI=1S/C23H25N3O5/c1-15(27)30-11-10-29-14-31-25-22-19-12-18(16-6-4-3-5-7-16)17-8-9-26(2)13-20(17)21(19)24-23(22)28/h3-7,12H,8-11,13-14H2,1-2H3,(H,24,25,28). The first-order valence-electron chi connectivity index (χ1n) is 10.2. The van der Waals surface area contributed by atoms with Crippen molar-refractivity contribution in [3.05, 3.63) is 53.1 Å². The average Bonchev–Trinajstić information content (AvgIpc) is 3.08. The number of ether oxygens (including phenoxy) is 2. The maximum atomic E-state index is 12.7. The molecule has 0 atom stereocenters. The SMILES string of the molecule is CC(=O)OCCOCO/N=C1/C(=O)Nc2c1cc(-c1ccccc1)c1c2CN(C)CC1. The van der Waals surface area contributed by atoms with E-state index in [0.717, 1.165) is 47.5 Å². The van der Waals surface area contributed by atoms with Crippen LogP contribution in [0.5, 0.6) is 0 Å². The summed E-state index contributed by atoms with van der Waals surface area (Å²) in [6, 6.07) is 12.2. The Labute approximate surface area is 180 Å². The molecule has 31 heavy (non-hydrogen) atoms. The highest BCUT2D eigenvalue weighted by molar-refractivity contribution is 6.54. The van der Waals surface area contributed by atoms with E-state index in [1.54, 1.807) is 0 Å². The molecule has 0 saturated carbocycles. The van der Waals surface area contributed by atoms with Gasteiger partial charge in [0.1, 0.15) is 6.61 Å². The summed E-state index contributed by atoms with van der Waals surface area (Å²) < 4.78 is 10.00. The second kappa shape index (κ2) is 9.28. The first kappa shape index (κ1) is 21.0. The number of amides is 1. The van der Waals surface area contributed by atoms with Crippen molar-refractivity contribution in [2.45, 2.75) is 19.9 Å². The quantitative estimate of drug-likeness (QED) is 0.319. The molecule has 4 rings (SSSR count). The number of benzene rings is 2. The average molecular weight is 423 g/mol. The molecule has 2 heterocycles. The van der Waals surface area contributed by atoms with Gasteiger partial charge in [-0.15, -0.1) is 0 Å². The van der Waals surface area contributed by atoms with Crippen molar-refractivity contribution < 1.29 is 23.9 Å². The summed E-state index contributed by atoms with van der Waals surface area (Å²) in [6.45, 7) is 3.23. The van der Waals surface area contributed by atoms with E-state index in [2.05, 4.69) is 34.6 Å².